The van der Waals surface area contributed by atoms with Gasteiger partial charge in [-0.15, -0.1) is 0 Å². The van der Waals surface area contributed by atoms with Crippen LogP contribution in [0.4, 0.5) is 5.82 Å². The molecule has 0 spiro atoms. The maximum Gasteiger partial charge on any atom is 0.347 e. The van der Waals surface area contributed by atoms with Crippen molar-refractivity contribution in [3.05, 3.63) is 47.0 Å². The number of anilines is 1. The molecule has 1 aliphatic heterocycles. The molecular weight excluding hydrogens is 332 g/mol. The summed E-state index contributed by atoms with van der Waals surface area (Å²) in [5, 5.41) is 2.98. The van der Waals surface area contributed by atoms with Crippen LogP contribution in [0.5, 0.6) is 0 Å². The monoisotopic (exact) mass is 354 g/mol. The van der Waals surface area contributed by atoms with E-state index in [1.54, 1.807) is 18.6 Å². The Balaban J connectivity index is 1.30. The molecule has 0 bridgehead atoms. The van der Waals surface area contributed by atoms with Crippen molar-refractivity contribution in [2.24, 2.45) is 0 Å². The van der Waals surface area contributed by atoms with E-state index in [1.165, 1.54) is 23.6 Å². The molecule has 26 heavy (non-hydrogen) atoms. The second kappa shape index (κ2) is 7.23. The number of nitrogens with one attached hydrogen (secondary N) is 1. The number of amides is 1. The van der Waals surface area contributed by atoms with Gasteiger partial charge >= 0.3 is 5.69 Å². The summed E-state index contributed by atoms with van der Waals surface area (Å²) in [5.74, 6) is 1.20. The first-order valence-corrected chi connectivity index (χ1v) is 9.07. The van der Waals surface area contributed by atoms with E-state index in [2.05, 4.69) is 31.2 Å². The van der Waals surface area contributed by atoms with E-state index < -0.39 is 5.69 Å². The average Bonchev–Trinajstić information content (AvgIpc) is 3.15. The van der Waals surface area contributed by atoms with E-state index >= 15 is 0 Å². The van der Waals surface area contributed by atoms with Gasteiger partial charge in [0.05, 0.1) is 0 Å². The first-order valence-electron chi connectivity index (χ1n) is 9.07. The highest BCUT2D eigenvalue weighted by Crippen LogP contribution is 2.36. The zero-order chi connectivity index (χ0) is 17.9. The van der Waals surface area contributed by atoms with Gasteiger partial charge in [-0.2, -0.15) is 0 Å². The molecule has 1 saturated heterocycles. The van der Waals surface area contributed by atoms with Crippen LogP contribution >= 0.6 is 0 Å². The maximum atomic E-state index is 12.1. The Labute approximate surface area is 151 Å². The number of hydrogen-bond donors (Lipinski definition) is 1. The van der Waals surface area contributed by atoms with Crippen LogP contribution in [-0.2, 0) is 11.3 Å². The van der Waals surface area contributed by atoms with Crippen molar-refractivity contribution < 1.29 is 4.79 Å². The van der Waals surface area contributed by atoms with Gasteiger partial charge in [-0.05, 0) is 31.7 Å². The molecule has 3 heterocycles. The lowest BCUT2D eigenvalue weighted by molar-refractivity contribution is -0.123. The van der Waals surface area contributed by atoms with Crippen LogP contribution in [0.1, 0.15) is 37.3 Å². The van der Waals surface area contributed by atoms with Crippen molar-refractivity contribution >= 4 is 11.7 Å². The van der Waals surface area contributed by atoms with Gasteiger partial charge < -0.3 is 10.2 Å². The standard InChI is InChI=1S/C18H22N6O2/c25-17(11-24-7-3-4-19-18(24)26)22-14-8-13(9-14)15-10-16(21-12-20-15)23-5-1-2-6-23/h3-4,7,10,12-14H,1-2,5-6,8-9,11H2,(H,22,25). The molecule has 0 atom stereocenters. The first-order chi connectivity index (χ1) is 12.7. The van der Waals surface area contributed by atoms with Crippen molar-refractivity contribution in [2.75, 3.05) is 18.0 Å². The van der Waals surface area contributed by atoms with E-state index in [9.17, 15) is 9.59 Å². The number of carbonyl (C=O) groups is 1. The number of hydrogen-bond acceptors (Lipinski definition) is 6. The van der Waals surface area contributed by atoms with Crippen LogP contribution in [-0.4, -0.2) is 44.6 Å². The topological polar surface area (TPSA) is 93.0 Å². The molecule has 0 aromatic carbocycles. The Bertz CT molecular complexity index is 839. The number of rotatable bonds is 5. The highest BCUT2D eigenvalue weighted by atomic mass is 16.2. The molecule has 8 heteroatoms. The smallest absolute Gasteiger partial charge is 0.347 e. The summed E-state index contributed by atoms with van der Waals surface area (Å²) < 4.78 is 1.30. The Morgan fingerprint density at radius 2 is 2.00 bits per heavy atom. The van der Waals surface area contributed by atoms with Crippen LogP contribution in [0.2, 0.25) is 0 Å². The molecule has 1 amide bonds. The minimum absolute atomic E-state index is 0.000452. The molecule has 136 valence electrons. The molecule has 1 N–H and O–H groups in total. The number of nitrogens with zero attached hydrogens (tertiary/aromatic N) is 5. The normalized spacial score (nSPS) is 22.1. The first kappa shape index (κ1) is 16.7. The molecule has 2 aliphatic rings. The summed E-state index contributed by atoms with van der Waals surface area (Å²) in [5.41, 5.74) is 0.639. The van der Waals surface area contributed by atoms with Crippen LogP contribution in [0.15, 0.2) is 35.6 Å². The summed E-state index contributed by atoms with van der Waals surface area (Å²) in [6.45, 7) is 2.13. The van der Waals surface area contributed by atoms with Crippen molar-refractivity contribution in [3.8, 4) is 0 Å². The largest absolute Gasteiger partial charge is 0.357 e. The second-order valence-corrected chi connectivity index (χ2v) is 6.96. The highest BCUT2D eigenvalue weighted by molar-refractivity contribution is 5.76. The van der Waals surface area contributed by atoms with Crippen LogP contribution in [0, 0.1) is 0 Å². The van der Waals surface area contributed by atoms with Gasteiger partial charge in [0.15, 0.2) is 0 Å². The van der Waals surface area contributed by atoms with Crippen LogP contribution in [0.3, 0.4) is 0 Å². The molecule has 1 aliphatic carbocycles. The lowest BCUT2D eigenvalue weighted by Gasteiger charge is -2.35. The Hall–Kier alpha value is -2.77. The molecule has 2 fully saturated rings. The van der Waals surface area contributed by atoms with Crippen LogP contribution < -0.4 is 15.9 Å². The SMILES string of the molecule is O=C(Cn1cccnc1=O)NC1CC(c2cc(N3CCCC3)ncn2)C1. The van der Waals surface area contributed by atoms with Gasteiger partial charge in [-0.25, -0.2) is 19.7 Å². The zero-order valence-electron chi connectivity index (χ0n) is 14.5. The van der Waals surface area contributed by atoms with Gasteiger partial charge in [0.1, 0.15) is 18.7 Å². The molecule has 0 unspecified atom stereocenters. The third-order valence-electron chi connectivity index (χ3n) is 5.12. The quantitative estimate of drug-likeness (QED) is 0.849. The third-order valence-corrected chi connectivity index (χ3v) is 5.12. The maximum absolute atomic E-state index is 12.1. The van der Waals surface area contributed by atoms with Crippen molar-refractivity contribution in [1.29, 1.82) is 0 Å². The average molecular weight is 354 g/mol. The predicted molar refractivity (Wildman–Crippen MR) is 95.9 cm³/mol. The van der Waals surface area contributed by atoms with E-state index in [4.69, 9.17) is 0 Å². The fourth-order valence-corrected chi connectivity index (χ4v) is 3.62. The highest BCUT2D eigenvalue weighted by Gasteiger charge is 2.33. The molecule has 1 saturated carbocycles. The van der Waals surface area contributed by atoms with Gasteiger partial charge in [0.25, 0.3) is 0 Å². The van der Waals surface area contributed by atoms with Crippen molar-refractivity contribution in [3.63, 3.8) is 0 Å². The number of aromatic nitrogens is 4. The second-order valence-electron chi connectivity index (χ2n) is 6.96. The number of carbonyl (C=O) groups excluding carboxylic acids is 1. The molecule has 0 radical (unpaired) electrons. The molecule has 8 nitrogen and oxygen atoms in total. The zero-order valence-corrected chi connectivity index (χ0v) is 14.5. The predicted octanol–water partition coefficient (Wildman–Crippen LogP) is 0.696. The molecule has 4 rings (SSSR count). The molecule has 2 aromatic rings. The summed E-state index contributed by atoms with van der Waals surface area (Å²) in [6.07, 6.45) is 8.80. The molecular formula is C18H22N6O2. The van der Waals surface area contributed by atoms with Gasteiger partial charge in [-0.3, -0.25) is 9.36 Å². The summed E-state index contributed by atoms with van der Waals surface area (Å²) in [7, 11) is 0. The van der Waals surface area contributed by atoms with Gasteiger partial charge in [0.2, 0.25) is 5.91 Å². The Kier molecular flexibility index (Phi) is 4.64. The van der Waals surface area contributed by atoms with Gasteiger partial charge in [0, 0.05) is 49.2 Å². The summed E-state index contributed by atoms with van der Waals surface area (Å²) in [6, 6.07) is 3.86. The Morgan fingerprint density at radius 1 is 1.19 bits per heavy atom. The van der Waals surface area contributed by atoms with E-state index in [1.807, 2.05) is 0 Å². The minimum Gasteiger partial charge on any atom is -0.357 e. The van der Waals surface area contributed by atoms with Crippen LogP contribution in [0.25, 0.3) is 0 Å². The third kappa shape index (κ3) is 3.58. The lowest BCUT2D eigenvalue weighted by atomic mass is 9.78. The van der Waals surface area contributed by atoms with E-state index in [0.29, 0.717) is 5.92 Å². The van der Waals surface area contributed by atoms with Crippen molar-refractivity contribution in [1.82, 2.24) is 24.8 Å². The van der Waals surface area contributed by atoms with Crippen molar-refractivity contribution in [2.45, 2.75) is 44.2 Å². The van der Waals surface area contributed by atoms with E-state index in [-0.39, 0.29) is 18.5 Å². The molecule has 2 aromatic heterocycles. The minimum atomic E-state index is -0.412. The summed E-state index contributed by atoms with van der Waals surface area (Å²) >= 11 is 0. The van der Waals surface area contributed by atoms with Gasteiger partial charge in [-0.1, -0.05) is 0 Å². The lowest BCUT2D eigenvalue weighted by Crippen LogP contribution is -2.45. The fraction of sp³-hybridized carbons (Fsp3) is 0.500. The Morgan fingerprint density at radius 3 is 2.77 bits per heavy atom. The summed E-state index contributed by atoms with van der Waals surface area (Å²) in [4.78, 5) is 38.4. The fourth-order valence-electron chi connectivity index (χ4n) is 3.62. The van der Waals surface area contributed by atoms with E-state index in [0.717, 1.165) is 37.4 Å².